The fraction of sp³-hybridized carbons (Fsp3) is 0. The smallest absolute Gasteiger partial charge is 0.0793 e. The van der Waals surface area contributed by atoms with Gasteiger partial charge in [-0.1, -0.05) is 60.1 Å². The van der Waals surface area contributed by atoms with Gasteiger partial charge in [0.05, 0.1) is 15.3 Å². The molecule has 10 rings (SSSR count). The number of rotatable bonds is 0. The van der Waals surface area contributed by atoms with Crippen molar-refractivity contribution in [3.63, 3.8) is 0 Å². The van der Waals surface area contributed by atoms with Crippen molar-refractivity contribution in [2.24, 2.45) is 0 Å². The SMILES string of the molecule is C(#Cc1cc2sccc2s1)c1ccc2c(c1)[nH]c1c2ccc2c1ccc1c3ccc(C#Cc4cc5sccc5s4)cc3sc12. The average Bonchev–Trinajstić information content (AvgIpc) is 3.87. The molecule has 0 aliphatic rings. The van der Waals surface area contributed by atoms with E-state index in [1.165, 1.54) is 66.0 Å². The summed E-state index contributed by atoms with van der Waals surface area (Å²) in [6, 6.07) is 31.0. The highest BCUT2D eigenvalue weighted by molar-refractivity contribution is 7.28. The van der Waals surface area contributed by atoms with Crippen LogP contribution in [-0.2, 0) is 0 Å². The molecule has 6 heterocycles. The second-order valence-corrected chi connectivity index (χ2v) is 15.9. The zero-order chi connectivity index (χ0) is 28.8. The Balaban J connectivity index is 1.05. The van der Waals surface area contributed by atoms with Gasteiger partial charge in [-0.05, 0) is 59.3 Å². The van der Waals surface area contributed by atoms with Crippen molar-refractivity contribution in [1.29, 1.82) is 0 Å². The maximum atomic E-state index is 3.75. The third kappa shape index (κ3) is 3.90. The lowest BCUT2D eigenvalue weighted by molar-refractivity contribution is 1.55. The summed E-state index contributed by atoms with van der Waals surface area (Å²) in [5.74, 6) is 13.6. The molecule has 0 atom stereocenters. The van der Waals surface area contributed by atoms with Crippen LogP contribution in [0.5, 0.6) is 0 Å². The summed E-state index contributed by atoms with van der Waals surface area (Å²) in [5, 5.41) is 11.9. The zero-order valence-corrected chi connectivity index (χ0v) is 26.9. The van der Waals surface area contributed by atoms with Gasteiger partial charge in [0.25, 0.3) is 0 Å². The molecule has 204 valence electrons. The Labute approximate surface area is 271 Å². The van der Waals surface area contributed by atoms with E-state index < -0.39 is 0 Å². The number of benzene rings is 4. The van der Waals surface area contributed by atoms with E-state index in [9.17, 15) is 0 Å². The van der Waals surface area contributed by atoms with Gasteiger partial charge in [-0.2, -0.15) is 0 Å². The van der Waals surface area contributed by atoms with Crippen molar-refractivity contribution >= 4 is 128 Å². The third-order valence-corrected chi connectivity index (χ3v) is 13.4. The van der Waals surface area contributed by atoms with Crippen LogP contribution in [0.25, 0.3) is 71.6 Å². The van der Waals surface area contributed by atoms with E-state index in [0.717, 1.165) is 26.4 Å². The molecule has 0 aliphatic heterocycles. The van der Waals surface area contributed by atoms with E-state index in [1.807, 2.05) is 11.3 Å². The van der Waals surface area contributed by atoms with Gasteiger partial charge in [-0.15, -0.1) is 56.7 Å². The highest BCUT2D eigenvalue weighted by atomic mass is 32.1. The lowest BCUT2D eigenvalue weighted by Gasteiger charge is -2.02. The Morgan fingerprint density at radius 1 is 0.432 bits per heavy atom. The topological polar surface area (TPSA) is 15.8 Å². The fourth-order valence-electron chi connectivity index (χ4n) is 6.09. The molecule has 0 unspecified atom stereocenters. The Morgan fingerprint density at radius 3 is 1.68 bits per heavy atom. The molecule has 1 N–H and O–H groups in total. The van der Waals surface area contributed by atoms with E-state index in [2.05, 4.69) is 124 Å². The van der Waals surface area contributed by atoms with Crippen LogP contribution >= 0.6 is 56.7 Å². The van der Waals surface area contributed by atoms with Crippen molar-refractivity contribution in [3.8, 4) is 23.7 Å². The fourth-order valence-corrected chi connectivity index (χ4v) is 11.3. The van der Waals surface area contributed by atoms with Crippen LogP contribution in [0.4, 0.5) is 0 Å². The summed E-state index contributed by atoms with van der Waals surface area (Å²) in [4.78, 5) is 5.99. The minimum Gasteiger partial charge on any atom is -0.354 e. The normalized spacial score (nSPS) is 11.7. The van der Waals surface area contributed by atoms with Gasteiger partial charge in [-0.25, -0.2) is 0 Å². The Bertz CT molecular complexity index is 2650. The summed E-state index contributed by atoms with van der Waals surface area (Å²) in [6.45, 7) is 0. The number of H-pyrrole nitrogens is 1. The summed E-state index contributed by atoms with van der Waals surface area (Å²) in [7, 11) is 0. The Hall–Kier alpha value is -4.40. The largest absolute Gasteiger partial charge is 0.354 e. The van der Waals surface area contributed by atoms with E-state index in [1.54, 1.807) is 45.3 Å². The van der Waals surface area contributed by atoms with Gasteiger partial charge < -0.3 is 4.98 Å². The number of aromatic amines is 1. The molecule has 1 nitrogen and oxygen atoms in total. The Morgan fingerprint density at radius 2 is 1.00 bits per heavy atom. The second-order valence-electron chi connectivity index (χ2n) is 10.7. The number of hydrogen-bond acceptors (Lipinski definition) is 5. The molecule has 0 radical (unpaired) electrons. The number of nitrogens with one attached hydrogen (secondary N) is 1. The first-order chi connectivity index (χ1) is 21.7. The average molecular weight is 648 g/mol. The lowest BCUT2D eigenvalue weighted by Crippen LogP contribution is -1.77. The van der Waals surface area contributed by atoms with Gasteiger partial charge in [0.15, 0.2) is 0 Å². The van der Waals surface area contributed by atoms with Crippen molar-refractivity contribution in [1.82, 2.24) is 4.98 Å². The number of aromatic nitrogens is 1. The van der Waals surface area contributed by atoms with Crippen LogP contribution in [0.1, 0.15) is 20.9 Å². The molecule has 4 aromatic carbocycles. The third-order valence-electron chi connectivity index (χ3n) is 8.14. The van der Waals surface area contributed by atoms with Crippen molar-refractivity contribution in [3.05, 3.63) is 117 Å². The molecule has 0 saturated carbocycles. The van der Waals surface area contributed by atoms with Crippen LogP contribution in [0.3, 0.4) is 0 Å². The first-order valence-electron chi connectivity index (χ1n) is 14.1. The van der Waals surface area contributed by atoms with Crippen LogP contribution in [0.15, 0.2) is 95.7 Å². The first-order valence-corrected chi connectivity index (χ1v) is 18.3. The molecule has 0 saturated heterocycles. The standard InChI is InChI=1S/C38H17NS5/c1(5-23-19-35-32(42-23)13-15-40-35)21-3-7-25-27-9-12-30-28(37(27)39-31(25)17-21)10-11-29-26-8-4-22(18-34(26)44-38(29)30)2-6-24-20-36-33(43-24)14-16-41-36/h3-4,7-20,39H. The first kappa shape index (κ1) is 25.0. The van der Waals surface area contributed by atoms with Gasteiger partial charge >= 0.3 is 0 Å². The highest BCUT2D eigenvalue weighted by Crippen LogP contribution is 2.41. The molecule has 6 aromatic heterocycles. The molecule has 6 heteroatoms. The van der Waals surface area contributed by atoms with Crippen LogP contribution in [0.2, 0.25) is 0 Å². The number of thiophene rings is 5. The van der Waals surface area contributed by atoms with Gasteiger partial charge in [0.1, 0.15) is 0 Å². The second kappa shape index (κ2) is 9.55. The van der Waals surface area contributed by atoms with Crippen molar-refractivity contribution in [2.75, 3.05) is 0 Å². The maximum Gasteiger partial charge on any atom is 0.0793 e. The molecule has 0 bridgehead atoms. The molecular formula is C38H17NS5. The minimum absolute atomic E-state index is 1.02. The van der Waals surface area contributed by atoms with E-state index in [4.69, 9.17) is 0 Å². The summed E-state index contributed by atoms with van der Waals surface area (Å²) in [6.07, 6.45) is 0. The minimum atomic E-state index is 1.02. The van der Waals surface area contributed by atoms with E-state index in [-0.39, 0.29) is 0 Å². The quantitative estimate of drug-likeness (QED) is 0.158. The molecule has 44 heavy (non-hydrogen) atoms. The summed E-state index contributed by atoms with van der Waals surface area (Å²) in [5.41, 5.74) is 4.38. The predicted molar refractivity (Wildman–Crippen MR) is 198 cm³/mol. The molecule has 0 amide bonds. The van der Waals surface area contributed by atoms with Crippen molar-refractivity contribution in [2.45, 2.75) is 0 Å². The van der Waals surface area contributed by atoms with Crippen LogP contribution < -0.4 is 0 Å². The monoisotopic (exact) mass is 647 g/mol. The summed E-state index contributed by atoms with van der Waals surface area (Å²) >= 11 is 8.94. The lowest BCUT2D eigenvalue weighted by atomic mass is 10.0. The number of hydrogen-bond donors (Lipinski definition) is 1. The molecule has 0 aliphatic carbocycles. The van der Waals surface area contributed by atoms with Crippen LogP contribution in [0, 0.1) is 23.7 Å². The van der Waals surface area contributed by atoms with Crippen molar-refractivity contribution < 1.29 is 0 Å². The predicted octanol–water partition coefficient (Wildman–Crippen LogP) is 12.2. The van der Waals surface area contributed by atoms with E-state index >= 15 is 0 Å². The molecule has 0 fully saturated rings. The molecule has 0 spiro atoms. The highest BCUT2D eigenvalue weighted by Gasteiger charge is 2.13. The van der Waals surface area contributed by atoms with E-state index in [0.29, 0.717) is 0 Å². The van der Waals surface area contributed by atoms with Gasteiger partial charge in [-0.3, -0.25) is 0 Å². The van der Waals surface area contributed by atoms with Gasteiger partial charge in [0, 0.05) is 77.2 Å². The summed E-state index contributed by atoms with van der Waals surface area (Å²) < 4.78 is 7.86. The molecule has 10 aromatic rings. The molecular weight excluding hydrogens is 631 g/mol. The Kier molecular flexibility index (Phi) is 5.42. The van der Waals surface area contributed by atoms with Gasteiger partial charge in [0.2, 0.25) is 0 Å². The number of fused-ring (bicyclic) bond motifs is 11. The van der Waals surface area contributed by atoms with Crippen LogP contribution in [-0.4, -0.2) is 4.98 Å². The zero-order valence-electron chi connectivity index (χ0n) is 22.8. The maximum absolute atomic E-state index is 3.75.